The highest BCUT2D eigenvalue weighted by atomic mass is 16.7. The Morgan fingerprint density at radius 2 is 1.86 bits per heavy atom. The zero-order chi connectivity index (χ0) is 10.6. The molecule has 0 aliphatic carbocycles. The molecule has 0 radical (unpaired) electrons. The van der Waals surface area contributed by atoms with Gasteiger partial charge in [0.25, 0.3) is 0 Å². The second-order valence-corrected chi connectivity index (χ2v) is 2.86. The Morgan fingerprint density at radius 3 is 2.29 bits per heavy atom. The first-order chi connectivity index (χ1) is 6.63. The van der Waals surface area contributed by atoms with Crippen molar-refractivity contribution in [3.05, 3.63) is 36.4 Å². The average Bonchev–Trinajstić information content (AvgIpc) is 2.18. The molecule has 3 nitrogen and oxygen atoms in total. The molecule has 1 rings (SSSR count). The number of methoxy groups -OCH3 is 1. The van der Waals surface area contributed by atoms with Crippen LogP contribution in [0.2, 0.25) is 0 Å². The molecule has 0 aromatic heterocycles. The van der Waals surface area contributed by atoms with Crippen LogP contribution in [0.15, 0.2) is 30.8 Å². The summed E-state index contributed by atoms with van der Waals surface area (Å²) in [6, 6.07) is 7.06. The topological polar surface area (TPSA) is 35.5 Å². The SMILES string of the molecule is C=C(C)c1ccc(OC(=O)OC)cc1. The summed E-state index contributed by atoms with van der Waals surface area (Å²) in [7, 11) is 1.27. The Hall–Kier alpha value is -1.77. The van der Waals surface area contributed by atoms with Gasteiger partial charge in [-0.3, -0.25) is 0 Å². The van der Waals surface area contributed by atoms with Crippen molar-refractivity contribution in [1.82, 2.24) is 0 Å². The number of hydrogen-bond donors (Lipinski definition) is 0. The van der Waals surface area contributed by atoms with Gasteiger partial charge < -0.3 is 9.47 Å². The summed E-state index contributed by atoms with van der Waals surface area (Å²) in [4.78, 5) is 10.7. The first-order valence-corrected chi connectivity index (χ1v) is 4.15. The first kappa shape index (κ1) is 10.3. The Balaban J connectivity index is 2.73. The maximum Gasteiger partial charge on any atom is 0.513 e. The van der Waals surface area contributed by atoms with Crippen LogP contribution in [0.3, 0.4) is 0 Å². The van der Waals surface area contributed by atoms with Crippen molar-refractivity contribution in [2.75, 3.05) is 7.11 Å². The summed E-state index contributed by atoms with van der Waals surface area (Å²) in [5, 5.41) is 0. The molecule has 74 valence electrons. The van der Waals surface area contributed by atoms with E-state index in [1.165, 1.54) is 7.11 Å². The third-order valence-electron chi connectivity index (χ3n) is 1.71. The lowest BCUT2D eigenvalue weighted by atomic mass is 10.1. The molecule has 0 saturated carbocycles. The number of rotatable bonds is 2. The summed E-state index contributed by atoms with van der Waals surface area (Å²) in [6.45, 7) is 5.71. The first-order valence-electron chi connectivity index (χ1n) is 4.15. The second kappa shape index (κ2) is 4.46. The van der Waals surface area contributed by atoms with Crippen LogP contribution in [0.4, 0.5) is 4.79 Å². The van der Waals surface area contributed by atoms with Gasteiger partial charge >= 0.3 is 6.16 Å². The standard InChI is InChI=1S/C11H12O3/c1-8(2)9-4-6-10(7-5-9)14-11(12)13-3/h4-7H,1H2,2-3H3. The average molecular weight is 192 g/mol. The molecule has 0 aliphatic heterocycles. The predicted molar refractivity (Wildman–Crippen MR) is 54.2 cm³/mol. The van der Waals surface area contributed by atoms with Crippen LogP contribution < -0.4 is 4.74 Å². The fraction of sp³-hybridized carbons (Fsp3) is 0.182. The number of carbonyl (C=O) groups excluding carboxylic acids is 1. The van der Waals surface area contributed by atoms with E-state index in [0.717, 1.165) is 11.1 Å². The van der Waals surface area contributed by atoms with Crippen LogP contribution in [0, 0.1) is 0 Å². The van der Waals surface area contributed by atoms with Crippen LogP contribution in [0.1, 0.15) is 12.5 Å². The number of benzene rings is 1. The Bertz CT molecular complexity index is 338. The molecular formula is C11H12O3. The molecule has 1 aromatic carbocycles. The summed E-state index contributed by atoms with van der Waals surface area (Å²) in [6.07, 6.45) is -0.715. The van der Waals surface area contributed by atoms with Gasteiger partial charge in [0.1, 0.15) is 5.75 Å². The molecule has 0 saturated heterocycles. The number of hydrogen-bond acceptors (Lipinski definition) is 3. The largest absolute Gasteiger partial charge is 0.513 e. The Kier molecular flexibility index (Phi) is 3.29. The van der Waals surface area contributed by atoms with Crippen LogP contribution in [-0.2, 0) is 4.74 Å². The smallest absolute Gasteiger partial charge is 0.437 e. The Labute approximate surface area is 83.0 Å². The van der Waals surface area contributed by atoms with Gasteiger partial charge in [-0.25, -0.2) is 4.79 Å². The zero-order valence-corrected chi connectivity index (χ0v) is 8.24. The summed E-state index contributed by atoms with van der Waals surface area (Å²) >= 11 is 0. The molecular weight excluding hydrogens is 180 g/mol. The van der Waals surface area contributed by atoms with Crippen LogP contribution in [-0.4, -0.2) is 13.3 Å². The van der Waals surface area contributed by atoms with E-state index in [9.17, 15) is 4.79 Å². The van der Waals surface area contributed by atoms with Crippen molar-refractivity contribution in [1.29, 1.82) is 0 Å². The molecule has 0 unspecified atom stereocenters. The molecule has 0 fully saturated rings. The van der Waals surface area contributed by atoms with Crippen LogP contribution >= 0.6 is 0 Å². The van der Waals surface area contributed by atoms with E-state index in [0.29, 0.717) is 5.75 Å². The van der Waals surface area contributed by atoms with Crippen LogP contribution in [0.5, 0.6) is 5.75 Å². The molecule has 0 heterocycles. The molecule has 0 aliphatic rings. The fourth-order valence-corrected chi connectivity index (χ4v) is 0.945. The van der Waals surface area contributed by atoms with Crippen molar-refractivity contribution < 1.29 is 14.3 Å². The van der Waals surface area contributed by atoms with Gasteiger partial charge in [0.15, 0.2) is 0 Å². The van der Waals surface area contributed by atoms with E-state index >= 15 is 0 Å². The number of ether oxygens (including phenoxy) is 2. The van der Waals surface area contributed by atoms with Gasteiger partial charge in [-0.05, 0) is 24.6 Å². The molecule has 0 atom stereocenters. The highest BCUT2D eigenvalue weighted by Gasteiger charge is 2.02. The fourth-order valence-electron chi connectivity index (χ4n) is 0.945. The van der Waals surface area contributed by atoms with Crippen molar-refractivity contribution in [2.45, 2.75) is 6.92 Å². The van der Waals surface area contributed by atoms with E-state index in [1.807, 2.05) is 19.1 Å². The van der Waals surface area contributed by atoms with E-state index in [1.54, 1.807) is 12.1 Å². The van der Waals surface area contributed by atoms with Gasteiger partial charge in [-0.2, -0.15) is 0 Å². The van der Waals surface area contributed by atoms with Gasteiger partial charge in [-0.1, -0.05) is 24.3 Å². The van der Waals surface area contributed by atoms with Crippen molar-refractivity contribution in [2.24, 2.45) is 0 Å². The quantitative estimate of drug-likeness (QED) is 0.534. The van der Waals surface area contributed by atoms with Crippen LogP contribution in [0.25, 0.3) is 5.57 Å². The molecule has 0 amide bonds. The molecule has 3 heteroatoms. The lowest BCUT2D eigenvalue weighted by Gasteiger charge is -2.03. The summed E-state index contributed by atoms with van der Waals surface area (Å²) < 4.78 is 9.16. The Morgan fingerprint density at radius 1 is 1.29 bits per heavy atom. The highest BCUT2D eigenvalue weighted by Crippen LogP contribution is 2.17. The van der Waals surface area contributed by atoms with Gasteiger partial charge in [0.2, 0.25) is 0 Å². The van der Waals surface area contributed by atoms with E-state index in [4.69, 9.17) is 4.74 Å². The summed E-state index contributed by atoms with van der Waals surface area (Å²) in [5.74, 6) is 0.460. The predicted octanol–water partition coefficient (Wildman–Crippen LogP) is 2.86. The van der Waals surface area contributed by atoms with Gasteiger partial charge in [0.05, 0.1) is 7.11 Å². The second-order valence-electron chi connectivity index (χ2n) is 2.86. The van der Waals surface area contributed by atoms with Gasteiger partial charge in [0, 0.05) is 0 Å². The molecule has 0 bridgehead atoms. The molecule has 0 spiro atoms. The van der Waals surface area contributed by atoms with E-state index < -0.39 is 6.16 Å². The molecule has 14 heavy (non-hydrogen) atoms. The van der Waals surface area contributed by atoms with Crippen molar-refractivity contribution in [3.8, 4) is 5.75 Å². The zero-order valence-electron chi connectivity index (χ0n) is 8.24. The maximum absolute atomic E-state index is 10.7. The summed E-state index contributed by atoms with van der Waals surface area (Å²) in [5.41, 5.74) is 1.98. The minimum Gasteiger partial charge on any atom is -0.437 e. The third-order valence-corrected chi connectivity index (χ3v) is 1.71. The van der Waals surface area contributed by atoms with E-state index in [-0.39, 0.29) is 0 Å². The van der Waals surface area contributed by atoms with Crippen molar-refractivity contribution in [3.63, 3.8) is 0 Å². The maximum atomic E-state index is 10.7. The normalized spacial score (nSPS) is 9.29. The number of carbonyl (C=O) groups is 1. The molecule has 1 aromatic rings. The monoisotopic (exact) mass is 192 g/mol. The molecule has 0 N–H and O–H groups in total. The van der Waals surface area contributed by atoms with Crippen molar-refractivity contribution >= 4 is 11.7 Å². The lowest BCUT2D eigenvalue weighted by Crippen LogP contribution is -2.06. The highest BCUT2D eigenvalue weighted by molar-refractivity contribution is 5.65. The minimum absolute atomic E-state index is 0.460. The van der Waals surface area contributed by atoms with Gasteiger partial charge in [-0.15, -0.1) is 0 Å². The lowest BCUT2D eigenvalue weighted by molar-refractivity contribution is 0.121. The third kappa shape index (κ3) is 2.62. The minimum atomic E-state index is -0.715. The number of allylic oxidation sites excluding steroid dienone is 1. The van der Waals surface area contributed by atoms with E-state index in [2.05, 4.69) is 11.3 Å².